The monoisotopic (exact) mass is 300 g/mol. The van der Waals surface area contributed by atoms with Crippen LogP contribution in [0, 0.1) is 17.6 Å². The molecule has 0 saturated carbocycles. The molecule has 4 nitrogen and oxygen atoms in total. The smallest absolute Gasteiger partial charge is 0.315 e. The molecular formula is C15H22F2N2O2. The molecule has 0 saturated heterocycles. The van der Waals surface area contributed by atoms with Crippen molar-refractivity contribution in [3.63, 3.8) is 0 Å². The Balaban J connectivity index is 2.39. The lowest BCUT2D eigenvalue weighted by molar-refractivity contribution is 0.103. The first-order valence-corrected chi connectivity index (χ1v) is 7.11. The van der Waals surface area contributed by atoms with Crippen LogP contribution in [0.4, 0.5) is 13.6 Å². The molecule has 6 heteroatoms. The minimum atomic E-state index is -0.614. The second kappa shape index (κ2) is 8.56. The van der Waals surface area contributed by atoms with Gasteiger partial charge in [-0.2, -0.15) is 0 Å². The summed E-state index contributed by atoms with van der Waals surface area (Å²) in [4.78, 5) is 11.6. The van der Waals surface area contributed by atoms with Crippen molar-refractivity contribution in [2.75, 3.05) is 6.54 Å². The van der Waals surface area contributed by atoms with Crippen molar-refractivity contribution in [3.8, 4) is 0 Å². The molecule has 0 heterocycles. The zero-order valence-corrected chi connectivity index (χ0v) is 12.3. The maximum atomic E-state index is 13.4. The Morgan fingerprint density at radius 1 is 1.24 bits per heavy atom. The fourth-order valence-electron chi connectivity index (χ4n) is 2.11. The van der Waals surface area contributed by atoms with Crippen LogP contribution >= 0.6 is 0 Å². The molecule has 0 aliphatic rings. The summed E-state index contributed by atoms with van der Waals surface area (Å²) in [5.41, 5.74) is 0.0747. The summed E-state index contributed by atoms with van der Waals surface area (Å²) in [6.45, 7) is 3.97. The van der Waals surface area contributed by atoms with Gasteiger partial charge in [-0.1, -0.05) is 26.7 Å². The molecule has 1 rings (SSSR count). The zero-order chi connectivity index (χ0) is 15.8. The lowest BCUT2D eigenvalue weighted by Gasteiger charge is -2.20. The molecule has 118 valence electrons. The van der Waals surface area contributed by atoms with Gasteiger partial charge < -0.3 is 15.7 Å². The van der Waals surface area contributed by atoms with E-state index in [4.69, 9.17) is 0 Å². The van der Waals surface area contributed by atoms with Gasteiger partial charge in [-0.05, 0) is 24.1 Å². The zero-order valence-electron chi connectivity index (χ0n) is 12.3. The molecule has 0 fully saturated rings. The van der Waals surface area contributed by atoms with Crippen LogP contribution in [-0.2, 0) is 6.54 Å². The highest BCUT2D eigenvalue weighted by molar-refractivity contribution is 5.73. The normalized spacial score (nSPS) is 12.3. The third kappa shape index (κ3) is 5.67. The Kier molecular flexibility index (Phi) is 7.08. The number of amides is 2. The number of hydrogen-bond donors (Lipinski definition) is 3. The summed E-state index contributed by atoms with van der Waals surface area (Å²) < 4.78 is 26.3. The molecule has 0 aliphatic heterocycles. The Labute approximate surface area is 123 Å². The molecule has 0 unspecified atom stereocenters. The summed E-state index contributed by atoms with van der Waals surface area (Å²) in [6, 6.07) is 2.55. The van der Waals surface area contributed by atoms with E-state index in [1.165, 1.54) is 0 Å². The second-order valence-electron chi connectivity index (χ2n) is 4.94. The number of halogens is 2. The van der Waals surface area contributed by atoms with Gasteiger partial charge in [0.05, 0.1) is 6.10 Å². The summed E-state index contributed by atoms with van der Waals surface area (Å²) in [6.07, 6.45) is 1.04. The van der Waals surface area contributed by atoms with Gasteiger partial charge >= 0.3 is 6.03 Å². The fourth-order valence-corrected chi connectivity index (χ4v) is 2.11. The number of nitrogens with one attached hydrogen (secondary N) is 2. The average molecular weight is 300 g/mol. The van der Waals surface area contributed by atoms with E-state index in [-0.39, 0.29) is 24.6 Å². The standard InChI is InChI=1S/C15H22F2N2O2/c1-3-10(4-2)14(20)9-19-15(21)18-8-11-7-12(16)5-6-13(11)17/h5-7,10,14,20H,3-4,8-9H2,1-2H3,(H2,18,19,21)/t14-/m0/s1. The molecule has 0 bridgehead atoms. The summed E-state index contributed by atoms with van der Waals surface area (Å²) in [5, 5.41) is 14.8. The first kappa shape index (κ1) is 17.4. The number of benzene rings is 1. The van der Waals surface area contributed by atoms with Crippen LogP contribution in [0.5, 0.6) is 0 Å². The largest absolute Gasteiger partial charge is 0.391 e. The van der Waals surface area contributed by atoms with Crippen molar-refractivity contribution in [2.24, 2.45) is 5.92 Å². The Bertz CT molecular complexity index is 465. The first-order chi connectivity index (χ1) is 9.97. The van der Waals surface area contributed by atoms with Gasteiger partial charge in [-0.15, -0.1) is 0 Å². The maximum absolute atomic E-state index is 13.4. The number of rotatable bonds is 7. The molecule has 1 atom stereocenters. The van der Waals surface area contributed by atoms with E-state index in [0.29, 0.717) is 0 Å². The van der Waals surface area contributed by atoms with Crippen molar-refractivity contribution < 1.29 is 18.7 Å². The first-order valence-electron chi connectivity index (χ1n) is 7.11. The molecule has 2 amide bonds. The van der Waals surface area contributed by atoms with Crippen molar-refractivity contribution in [1.82, 2.24) is 10.6 Å². The van der Waals surface area contributed by atoms with Gasteiger partial charge in [-0.25, -0.2) is 13.6 Å². The van der Waals surface area contributed by atoms with Gasteiger partial charge in [0.15, 0.2) is 0 Å². The lowest BCUT2D eigenvalue weighted by Crippen LogP contribution is -2.41. The maximum Gasteiger partial charge on any atom is 0.315 e. The SMILES string of the molecule is CCC(CC)[C@@H](O)CNC(=O)NCc1cc(F)ccc1F. The molecule has 3 N–H and O–H groups in total. The predicted molar refractivity (Wildman–Crippen MR) is 76.7 cm³/mol. The van der Waals surface area contributed by atoms with E-state index in [0.717, 1.165) is 31.0 Å². The van der Waals surface area contributed by atoms with Crippen LogP contribution in [0.1, 0.15) is 32.3 Å². The molecule has 0 spiro atoms. The van der Waals surface area contributed by atoms with Crippen LogP contribution in [-0.4, -0.2) is 23.8 Å². The number of urea groups is 1. The minimum Gasteiger partial charge on any atom is -0.391 e. The molecule has 1 aromatic rings. The average Bonchev–Trinajstić information content (AvgIpc) is 2.47. The van der Waals surface area contributed by atoms with E-state index in [1.807, 2.05) is 13.8 Å². The highest BCUT2D eigenvalue weighted by atomic mass is 19.1. The van der Waals surface area contributed by atoms with Crippen LogP contribution in [0.15, 0.2) is 18.2 Å². The molecule has 21 heavy (non-hydrogen) atoms. The number of hydrogen-bond acceptors (Lipinski definition) is 2. The Morgan fingerprint density at radius 2 is 1.90 bits per heavy atom. The summed E-state index contributed by atoms with van der Waals surface area (Å²) in [5.74, 6) is -1.00. The van der Waals surface area contributed by atoms with Gasteiger partial charge in [0.2, 0.25) is 0 Å². The van der Waals surface area contributed by atoms with Crippen molar-refractivity contribution in [2.45, 2.75) is 39.3 Å². The Hall–Kier alpha value is -1.69. The molecular weight excluding hydrogens is 278 g/mol. The van der Waals surface area contributed by atoms with Crippen LogP contribution in [0.25, 0.3) is 0 Å². The summed E-state index contributed by atoms with van der Waals surface area (Å²) >= 11 is 0. The van der Waals surface area contributed by atoms with E-state index in [2.05, 4.69) is 10.6 Å². The third-order valence-electron chi connectivity index (χ3n) is 3.51. The van der Waals surface area contributed by atoms with Gasteiger partial charge in [0, 0.05) is 18.7 Å². The lowest BCUT2D eigenvalue weighted by atomic mass is 9.97. The number of aliphatic hydroxyl groups excluding tert-OH is 1. The summed E-state index contributed by atoms with van der Waals surface area (Å²) in [7, 11) is 0. The number of carbonyl (C=O) groups excluding carboxylic acids is 1. The van der Waals surface area contributed by atoms with Gasteiger partial charge in [-0.3, -0.25) is 0 Å². The molecule has 0 aromatic heterocycles. The third-order valence-corrected chi connectivity index (χ3v) is 3.51. The van der Waals surface area contributed by atoms with Gasteiger partial charge in [0.1, 0.15) is 11.6 Å². The number of carbonyl (C=O) groups is 1. The van der Waals surface area contributed by atoms with E-state index < -0.39 is 23.8 Å². The molecule has 0 aliphatic carbocycles. The highest BCUT2D eigenvalue weighted by Gasteiger charge is 2.16. The van der Waals surface area contributed by atoms with Crippen molar-refractivity contribution in [1.29, 1.82) is 0 Å². The fraction of sp³-hybridized carbons (Fsp3) is 0.533. The minimum absolute atomic E-state index is 0.0747. The van der Waals surface area contributed by atoms with E-state index >= 15 is 0 Å². The van der Waals surface area contributed by atoms with E-state index in [1.54, 1.807) is 0 Å². The Morgan fingerprint density at radius 3 is 2.52 bits per heavy atom. The number of aliphatic hydroxyl groups is 1. The van der Waals surface area contributed by atoms with Gasteiger partial charge in [0.25, 0.3) is 0 Å². The molecule has 1 aromatic carbocycles. The quantitative estimate of drug-likeness (QED) is 0.725. The topological polar surface area (TPSA) is 61.4 Å². The molecule has 0 radical (unpaired) electrons. The van der Waals surface area contributed by atoms with Crippen molar-refractivity contribution in [3.05, 3.63) is 35.4 Å². The second-order valence-corrected chi connectivity index (χ2v) is 4.94. The predicted octanol–water partition coefficient (Wildman–Crippen LogP) is 2.56. The van der Waals surface area contributed by atoms with Crippen LogP contribution in [0.3, 0.4) is 0 Å². The van der Waals surface area contributed by atoms with Crippen molar-refractivity contribution >= 4 is 6.03 Å². The van der Waals surface area contributed by atoms with E-state index in [9.17, 15) is 18.7 Å². The van der Waals surface area contributed by atoms with Crippen LogP contribution in [0.2, 0.25) is 0 Å². The van der Waals surface area contributed by atoms with Crippen LogP contribution < -0.4 is 10.6 Å². The highest BCUT2D eigenvalue weighted by Crippen LogP contribution is 2.12.